The molecule has 4 aromatic rings. The fourth-order valence-corrected chi connectivity index (χ4v) is 4.13. The second-order valence-electron chi connectivity index (χ2n) is 8.46. The van der Waals surface area contributed by atoms with Crippen molar-refractivity contribution < 1.29 is 13.2 Å². The van der Waals surface area contributed by atoms with E-state index in [2.05, 4.69) is 10.6 Å². The number of hydrogen-bond acceptors (Lipinski definition) is 5. The third-order valence-corrected chi connectivity index (χ3v) is 5.86. The van der Waals surface area contributed by atoms with Crippen molar-refractivity contribution in [2.45, 2.75) is 18.3 Å². The minimum absolute atomic E-state index is 0.0289. The van der Waals surface area contributed by atoms with Gasteiger partial charge in [0, 0.05) is 5.69 Å². The van der Waals surface area contributed by atoms with Gasteiger partial charge in [-0.3, -0.25) is 9.59 Å². The van der Waals surface area contributed by atoms with Crippen molar-refractivity contribution in [1.82, 2.24) is 4.90 Å². The van der Waals surface area contributed by atoms with Crippen LogP contribution in [0.5, 0.6) is 0 Å². The summed E-state index contributed by atoms with van der Waals surface area (Å²) in [6.45, 7) is 0. The van der Waals surface area contributed by atoms with Gasteiger partial charge in [0.1, 0.15) is 11.4 Å². The van der Waals surface area contributed by atoms with Crippen molar-refractivity contribution in [3.63, 3.8) is 0 Å². The zero-order valence-corrected chi connectivity index (χ0v) is 19.1. The Labute approximate surface area is 200 Å². The molecule has 0 spiro atoms. The molecule has 0 aliphatic carbocycles. The summed E-state index contributed by atoms with van der Waals surface area (Å²) in [5, 5.41) is 6.08. The fraction of sp³-hybridized carbons (Fsp3) is 0.185. The molecule has 0 aliphatic heterocycles. The zero-order chi connectivity index (χ0) is 25.2. The number of hydrogen-bond donors (Lipinski definition) is 2. The highest BCUT2D eigenvalue weighted by molar-refractivity contribution is 5.79. The van der Waals surface area contributed by atoms with Crippen LogP contribution in [0.25, 0.3) is 0 Å². The lowest BCUT2D eigenvalue weighted by Gasteiger charge is -2.35. The van der Waals surface area contributed by atoms with E-state index in [9.17, 15) is 22.8 Å². The summed E-state index contributed by atoms with van der Waals surface area (Å²) >= 11 is 0. The molecular weight excluding hydrogens is 455 g/mol. The monoisotopic (exact) mass is 479 g/mol. The molecule has 4 aromatic carbocycles. The SMILES string of the molecule is CN(C)[C@H](c1ccccc1)[C@H](Nc1c(Nc2ccc(C(F)(F)F)cc2)c(=O)c1=O)c1ccccc1. The molecule has 0 saturated carbocycles. The summed E-state index contributed by atoms with van der Waals surface area (Å²) in [6.07, 6.45) is -4.46. The first-order valence-corrected chi connectivity index (χ1v) is 11.0. The molecular formula is C27H24F3N3O2. The van der Waals surface area contributed by atoms with Gasteiger partial charge in [0.05, 0.1) is 17.6 Å². The summed E-state index contributed by atoms with van der Waals surface area (Å²) in [5.41, 5.74) is 0.126. The van der Waals surface area contributed by atoms with E-state index < -0.39 is 28.6 Å². The lowest BCUT2D eigenvalue weighted by atomic mass is 9.91. The number of benzene rings is 3. The molecule has 8 heteroatoms. The molecule has 0 heterocycles. The number of nitrogens with one attached hydrogen (secondary N) is 2. The number of rotatable bonds is 8. The van der Waals surface area contributed by atoms with E-state index >= 15 is 0 Å². The van der Waals surface area contributed by atoms with Crippen molar-refractivity contribution in [3.05, 3.63) is 122 Å². The van der Waals surface area contributed by atoms with Crippen molar-refractivity contribution in [1.29, 1.82) is 0 Å². The summed E-state index contributed by atoms with van der Waals surface area (Å²) < 4.78 is 38.6. The van der Waals surface area contributed by atoms with Crippen LogP contribution in [0.3, 0.4) is 0 Å². The Morgan fingerprint density at radius 2 is 1.23 bits per heavy atom. The number of halogens is 3. The fourth-order valence-electron chi connectivity index (χ4n) is 4.13. The van der Waals surface area contributed by atoms with Gasteiger partial charge in [-0.1, -0.05) is 60.7 Å². The molecule has 0 fully saturated rings. The first-order valence-electron chi connectivity index (χ1n) is 11.0. The van der Waals surface area contributed by atoms with Crippen LogP contribution in [-0.2, 0) is 6.18 Å². The predicted octanol–water partition coefficient (Wildman–Crippen LogP) is 5.50. The van der Waals surface area contributed by atoms with Gasteiger partial charge in [-0.25, -0.2) is 0 Å². The van der Waals surface area contributed by atoms with Gasteiger partial charge >= 0.3 is 6.18 Å². The van der Waals surface area contributed by atoms with Crippen LogP contribution in [-0.4, -0.2) is 19.0 Å². The highest BCUT2D eigenvalue weighted by atomic mass is 19.4. The van der Waals surface area contributed by atoms with Crippen LogP contribution < -0.4 is 21.5 Å². The van der Waals surface area contributed by atoms with E-state index in [1.165, 1.54) is 12.1 Å². The first kappa shape index (κ1) is 24.2. The van der Waals surface area contributed by atoms with Crippen molar-refractivity contribution >= 4 is 17.1 Å². The van der Waals surface area contributed by atoms with Crippen molar-refractivity contribution in [3.8, 4) is 0 Å². The Morgan fingerprint density at radius 3 is 1.74 bits per heavy atom. The van der Waals surface area contributed by atoms with Crippen molar-refractivity contribution in [2.24, 2.45) is 0 Å². The maximum absolute atomic E-state index is 12.9. The summed E-state index contributed by atoms with van der Waals surface area (Å²) in [6, 6.07) is 23.0. The van der Waals surface area contributed by atoms with E-state index in [0.717, 1.165) is 23.3 Å². The third kappa shape index (κ3) is 5.12. The molecule has 0 aliphatic rings. The van der Waals surface area contributed by atoms with E-state index in [1.807, 2.05) is 79.7 Å². The van der Waals surface area contributed by atoms with E-state index in [4.69, 9.17) is 0 Å². The molecule has 4 rings (SSSR count). The van der Waals surface area contributed by atoms with Crippen LogP contribution in [0.2, 0.25) is 0 Å². The molecule has 0 saturated heterocycles. The molecule has 2 atom stereocenters. The van der Waals surface area contributed by atoms with Crippen LogP contribution >= 0.6 is 0 Å². The molecule has 0 unspecified atom stereocenters. The smallest absolute Gasteiger partial charge is 0.371 e. The maximum atomic E-state index is 12.9. The molecule has 0 radical (unpaired) electrons. The molecule has 0 aromatic heterocycles. The molecule has 180 valence electrons. The van der Waals surface area contributed by atoms with Gasteiger partial charge in [-0.15, -0.1) is 0 Å². The second-order valence-corrected chi connectivity index (χ2v) is 8.46. The van der Waals surface area contributed by atoms with Gasteiger partial charge in [-0.05, 0) is 49.5 Å². The summed E-state index contributed by atoms with van der Waals surface area (Å²) in [4.78, 5) is 27.0. The zero-order valence-electron chi connectivity index (χ0n) is 19.1. The number of alkyl halides is 3. The van der Waals surface area contributed by atoms with Gasteiger partial charge in [0.15, 0.2) is 0 Å². The summed E-state index contributed by atoms with van der Waals surface area (Å²) in [7, 11) is 3.86. The minimum atomic E-state index is -4.46. The summed E-state index contributed by atoms with van der Waals surface area (Å²) in [5.74, 6) is 0. The van der Waals surface area contributed by atoms with Crippen molar-refractivity contribution in [2.75, 3.05) is 24.7 Å². The Bertz CT molecular complexity index is 1350. The van der Waals surface area contributed by atoms with Gasteiger partial charge in [0.2, 0.25) is 0 Å². The minimum Gasteiger partial charge on any atom is -0.371 e. The largest absolute Gasteiger partial charge is 0.416 e. The van der Waals surface area contributed by atoms with Gasteiger partial charge < -0.3 is 15.5 Å². The highest BCUT2D eigenvalue weighted by Crippen LogP contribution is 2.37. The standard InChI is InChI=1S/C27H24F3N3O2/c1-33(2)24(18-11-7-4-8-12-18)21(17-9-5-3-6-10-17)32-23-22(25(34)26(23)35)31-20-15-13-19(14-16-20)27(28,29)30/h3-16,21,24,31-32H,1-2H3/t21-,24-/m1/s1. The van der Waals surface area contributed by atoms with Crippen LogP contribution in [0.15, 0.2) is 94.5 Å². The normalized spacial score (nSPS) is 13.5. The Kier molecular flexibility index (Phi) is 6.75. The molecule has 2 N–H and O–H groups in total. The quantitative estimate of drug-likeness (QED) is 0.327. The maximum Gasteiger partial charge on any atom is 0.416 e. The van der Waals surface area contributed by atoms with E-state index in [0.29, 0.717) is 0 Å². The Hall–Kier alpha value is -3.91. The highest BCUT2D eigenvalue weighted by Gasteiger charge is 2.32. The lowest BCUT2D eigenvalue weighted by molar-refractivity contribution is -0.137. The number of anilines is 3. The molecule has 0 bridgehead atoms. The average molecular weight is 480 g/mol. The topological polar surface area (TPSA) is 61.4 Å². The Balaban J connectivity index is 1.69. The molecule has 0 amide bonds. The second kappa shape index (κ2) is 9.76. The average Bonchev–Trinajstić information content (AvgIpc) is 2.85. The molecule has 5 nitrogen and oxygen atoms in total. The van der Waals surface area contributed by atoms with E-state index in [1.54, 1.807) is 0 Å². The predicted molar refractivity (Wildman–Crippen MR) is 132 cm³/mol. The van der Waals surface area contributed by atoms with Crippen LogP contribution in [0, 0.1) is 0 Å². The van der Waals surface area contributed by atoms with Gasteiger partial charge in [-0.2, -0.15) is 13.2 Å². The van der Waals surface area contributed by atoms with Crippen LogP contribution in [0.4, 0.5) is 30.2 Å². The number of likely N-dealkylation sites (N-methyl/N-ethyl adjacent to an activating group) is 1. The number of nitrogens with zero attached hydrogens (tertiary/aromatic N) is 1. The first-order chi connectivity index (χ1) is 16.7. The van der Waals surface area contributed by atoms with Gasteiger partial charge in [0.25, 0.3) is 10.9 Å². The molecule has 35 heavy (non-hydrogen) atoms. The van der Waals surface area contributed by atoms with E-state index in [-0.39, 0.29) is 23.1 Å². The van der Waals surface area contributed by atoms with Crippen LogP contribution in [0.1, 0.15) is 28.8 Å². The lowest BCUT2D eigenvalue weighted by Crippen LogP contribution is -2.39. The third-order valence-electron chi connectivity index (χ3n) is 5.86. The Morgan fingerprint density at radius 1 is 0.714 bits per heavy atom.